The lowest BCUT2D eigenvalue weighted by atomic mass is 9.92. The summed E-state index contributed by atoms with van der Waals surface area (Å²) >= 11 is 0. The van der Waals surface area contributed by atoms with Gasteiger partial charge in [-0.3, -0.25) is 4.98 Å². The molecule has 0 radical (unpaired) electrons. The lowest BCUT2D eigenvalue weighted by Gasteiger charge is -2.28. The molecule has 2 nitrogen and oxygen atoms in total. The summed E-state index contributed by atoms with van der Waals surface area (Å²) in [6.07, 6.45) is 18.0. The Hall–Kier alpha value is -2.35. The normalized spacial score (nSPS) is 19.3. The van der Waals surface area contributed by atoms with E-state index >= 15 is 0 Å². The Morgan fingerprint density at radius 2 is 2.28 bits per heavy atom. The highest BCUT2D eigenvalue weighted by atomic mass is 15.1. The van der Waals surface area contributed by atoms with Gasteiger partial charge in [-0.05, 0) is 41.9 Å². The number of hydrogen-bond acceptors (Lipinski definition) is 2. The number of fused-ring (bicyclic) bond motifs is 3. The fraction of sp³-hybridized carbons (Fsp3) is 0.0625. The SMILES string of the molecule is C1=CCC2=C3C=c4ncccc4=CN3C=CC2=C1. The minimum absolute atomic E-state index is 0.995. The summed E-state index contributed by atoms with van der Waals surface area (Å²) in [5.41, 5.74) is 3.94. The van der Waals surface area contributed by atoms with Gasteiger partial charge in [-0.1, -0.05) is 18.2 Å². The van der Waals surface area contributed by atoms with Crippen LogP contribution in [0, 0.1) is 0 Å². The Morgan fingerprint density at radius 3 is 3.28 bits per heavy atom. The molecule has 3 heterocycles. The zero-order chi connectivity index (χ0) is 11.9. The molecule has 0 amide bonds. The average molecular weight is 232 g/mol. The third kappa shape index (κ3) is 1.32. The highest BCUT2D eigenvalue weighted by Gasteiger charge is 2.19. The van der Waals surface area contributed by atoms with Crippen molar-refractivity contribution in [3.05, 3.63) is 76.2 Å². The van der Waals surface area contributed by atoms with Gasteiger partial charge in [0.15, 0.2) is 0 Å². The maximum Gasteiger partial charge on any atom is 0.0737 e. The second-order valence-corrected chi connectivity index (χ2v) is 4.59. The van der Waals surface area contributed by atoms with Crippen molar-refractivity contribution in [2.24, 2.45) is 0 Å². The molecular weight excluding hydrogens is 220 g/mol. The van der Waals surface area contributed by atoms with Crippen LogP contribution in [-0.2, 0) is 0 Å². The molecule has 0 aromatic carbocycles. The summed E-state index contributed by atoms with van der Waals surface area (Å²) in [5.74, 6) is 0. The maximum absolute atomic E-state index is 4.44. The largest absolute Gasteiger partial charge is 0.323 e. The van der Waals surface area contributed by atoms with Crippen LogP contribution in [0.2, 0.25) is 0 Å². The van der Waals surface area contributed by atoms with Crippen molar-refractivity contribution in [3.63, 3.8) is 0 Å². The van der Waals surface area contributed by atoms with E-state index in [1.807, 2.05) is 12.3 Å². The van der Waals surface area contributed by atoms with Crippen molar-refractivity contribution in [1.82, 2.24) is 9.88 Å². The number of hydrogen-bond donors (Lipinski definition) is 0. The minimum atomic E-state index is 0.995. The van der Waals surface area contributed by atoms with Crippen molar-refractivity contribution < 1.29 is 0 Å². The van der Waals surface area contributed by atoms with Gasteiger partial charge in [0.05, 0.1) is 11.0 Å². The van der Waals surface area contributed by atoms with Crippen LogP contribution < -0.4 is 10.6 Å². The van der Waals surface area contributed by atoms with E-state index < -0.39 is 0 Å². The van der Waals surface area contributed by atoms with Gasteiger partial charge in [0, 0.05) is 23.8 Å². The van der Waals surface area contributed by atoms with E-state index in [2.05, 4.69) is 58.7 Å². The molecule has 86 valence electrons. The second kappa shape index (κ2) is 3.57. The molecule has 4 rings (SSSR count). The Labute approximate surface area is 105 Å². The molecule has 1 aromatic rings. The fourth-order valence-electron chi connectivity index (χ4n) is 2.59. The highest BCUT2D eigenvalue weighted by Crippen LogP contribution is 2.31. The number of pyridine rings is 1. The van der Waals surface area contributed by atoms with E-state index in [4.69, 9.17) is 0 Å². The molecule has 0 saturated carbocycles. The van der Waals surface area contributed by atoms with Gasteiger partial charge in [0.2, 0.25) is 0 Å². The van der Waals surface area contributed by atoms with E-state index in [0.29, 0.717) is 0 Å². The van der Waals surface area contributed by atoms with Crippen LogP contribution in [0.15, 0.2) is 65.7 Å². The van der Waals surface area contributed by atoms with Gasteiger partial charge in [-0.2, -0.15) is 0 Å². The zero-order valence-electron chi connectivity index (χ0n) is 9.88. The van der Waals surface area contributed by atoms with Gasteiger partial charge in [0.1, 0.15) is 0 Å². The molecule has 0 unspecified atom stereocenters. The van der Waals surface area contributed by atoms with E-state index in [-0.39, 0.29) is 0 Å². The predicted octanol–water partition coefficient (Wildman–Crippen LogP) is 1.58. The van der Waals surface area contributed by atoms with E-state index in [9.17, 15) is 0 Å². The van der Waals surface area contributed by atoms with E-state index in [1.165, 1.54) is 22.1 Å². The summed E-state index contributed by atoms with van der Waals surface area (Å²) in [7, 11) is 0. The fourth-order valence-corrected chi connectivity index (χ4v) is 2.59. The monoisotopic (exact) mass is 232 g/mol. The molecule has 1 aromatic heterocycles. The van der Waals surface area contributed by atoms with Crippen molar-refractivity contribution >= 4 is 12.3 Å². The van der Waals surface area contributed by atoms with Crippen LogP contribution in [0.4, 0.5) is 0 Å². The van der Waals surface area contributed by atoms with E-state index in [0.717, 1.165) is 11.8 Å². The Kier molecular flexibility index (Phi) is 1.92. The topological polar surface area (TPSA) is 16.1 Å². The molecule has 2 heteroatoms. The Morgan fingerprint density at radius 1 is 1.28 bits per heavy atom. The van der Waals surface area contributed by atoms with Crippen molar-refractivity contribution in [2.45, 2.75) is 6.42 Å². The summed E-state index contributed by atoms with van der Waals surface area (Å²) in [4.78, 5) is 6.63. The summed E-state index contributed by atoms with van der Waals surface area (Å²) in [5, 5.41) is 2.23. The molecule has 0 bridgehead atoms. The molecule has 0 atom stereocenters. The third-order valence-corrected chi connectivity index (χ3v) is 3.51. The molecule has 0 saturated heterocycles. The van der Waals surface area contributed by atoms with Gasteiger partial charge >= 0.3 is 0 Å². The number of aromatic nitrogens is 1. The first-order valence-electron chi connectivity index (χ1n) is 6.13. The van der Waals surface area contributed by atoms with E-state index in [1.54, 1.807) is 0 Å². The van der Waals surface area contributed by atoms with Gasteiger partial charge < -0.3 is 4.90 Å². The molecule has 18 heavy (non-hydrogen) atoms. The first-order valence-corrected chi connectivity index (χ1v) is 6.13. The molecule has 0 spiro atoms. The van der Waals surface area contributed by atoms with Gasteiger partial charge in [-0.25, -0.2) is 0 Å². The number of allylic oxidation sites excluding steroid dienone is 7. The smallest absolute Gasteiger partial charge is 0.0737 e. The van der Waals surface area contributed by atoms with Crippen LogP contribution in [0.1, 0.15) is 6.42 Å². The second-order valence-electron chi connectivity index (χ2n) is 4.59. The van der Waals surface area contributed by atoms with Crippen LogP contribution in [-0.4, -0.2) is 9.88 Å². The van der Waals surface area contributed by atoms with Gasteiger partial charge in [-0.15, -0.1) is 0 Å². The number of nitrogens with zero attached hydrogens (tertiary/aromatic N) is 2. The minimum Gasteiger partial charge on any atom is -0.323 e. The van der Waals surface area contributed by atoms with Crippen molar-refractivity contribution in [1.29, 1.82) is 0 Å². The summed E-state index contributed by atoms with van der Waals surface area (Å²) < 4.78 is 0. The molecular formula is C16H12N2. The standard InChI is InChI=1S/C16H12N2/c1-2-6-14-12(4-1)7-9-18-11-13-5-3-8-17-15(13)10-16(14)18/h1-5,7-11H,6H2. The average Bonchev–Trinajstić information content (AvgIpc) is 2.45. The first kappa shape index (κ1) is 9.66. The molecule has 3 aliphatic rings. The lowest BCUT2D eigenvalue weighted by molar-refractivity contribution is 0.684. The molecule has 0 fully saturated rings. The molecule has 2 aliphatic heterocycles. The highest BCUT2D eigenvalue weighted by molar-refractivity contribution is 5.65. The first-order chi connectivity index (χ1) is 8.92. The van der Waals surface area contributed by atoms with Crippen LogP contribution in [0.25, 0.3) is 12.3 Å². The quantitative estimate of drug-likeness (QED) is 0.675. The maximum atomic E-state index is 4.44. The number of rotatable bonds is 0. The molecule has 1 aliphatic carbocycles. The van der Waals surface area contributed by atoms with Gasteiger partial charge in [0.25, 0.3) is 0 Å². The van der Waals surface area contributed by atoms with Crippen molar-refractivity contribution in [2.75, 3.05) is 0 Å². The zero-order valence-corrected chi connectivity index (χ0v) is 9.88. The van der Waals surface area contributed by atoms with Crippen molar-refractivity contribution in [3.8, 4) is 0 Å². The summed E-state index contributed by atoms with van der Waals surface area (Å²) in [6, 6.07) is 4.07. The predicted molar refractivity (Wildman–Crippen MR) is 72.3 cm³/mol. The van der Waals surface area contributed by atoms with Crippen LogP contribution in [0.3, 0.4) is 0 Å². The Bertz CT molecular complexity index is 761. The third-order valence-electron chi connectivity index (χ3n) is 3.51. The molecule has 0 N–H and O–H groups in total. The lowest BCUT2D eigenvalue weighted by Crippen LogP contribution is -2.35. The summed E-state index contributed by atoms with van der Waals surface area (Å²) in [6.45, 7) is 0. The Balaban J connectivity index is 2.02. The van der Waals surface area contributed by atoms with Crippen LogP contribution >= 0.6 is 0 Å². The van der Waals surface area contributed by atoms with Crippen LogP contribution in [0.5, 0.6) is 0 Å².